The number of thioether (sulfide) groups is 1. The second-order valence-electron chi connectivity index (χ2n) is 6.67. The zero-order valence-electron chi connectivity index (χ0n) is 16.5. The van der Waals surface area contributed by atoms with Gasteiger partial charge in [0.2, 0.25) is 5.91 Å². The minimum absolute atomic E-state index is 0.149. The number of carbonyl (C=O) groups excluding carboxylic acids is 1. The Bertz CT molecular complexity index is 1160. The third kappa shape index (κ3) is 5.33. The molecule has 4 rings (SSSR count). The van der Waals surface area contributed by atoms with Gasteiger partial charge in [0.05, 0.1) is 5.25 Å². The molecule has 0 bridgehead atoms. The lowest BCUT2D eigenvalue weighted by Crippen LogP contribution is -2.22. The van der Waals surface area contributed by atoms with Crippen LogP contribution in [0.3, 0.4) is 0 Å². The van der Waals surface area contributed by atoms with Crippen molar-refractivity contribution in [2.24, 2.45) is 0 Å². The van der Waals surface area contributed by atoms with Crippen molar-refractivity contribution in [3.63, 3.8) is 0 Å². The summed E-state index contributed by atoms with van der Waals surface area (Å²) in [5.74, 6) is 1.13. The number of nitrogens with one attached hydrogen (secondary N) is 2. The first kappa shape index (κ1) is 21.5. The molecule has 1 atom stereocenters. The van der Waals surface area contributed by atoms with E-state index in [-0.39, 0.29) is 15.4 Å². The Balaban J connectivity index is 1.35. The Morgan fingerprint density at radius 2 is 1.74 bits per heavy atom. The summed E-state index contributed by atoms with van der Waals surface area (Å²) >= 11 is 2.54. The van der Waals surface area contributed by atoms with Crippen LogP contribution in [0.1, 0.15) is 6.92 Å². The maximum atomic E-state index is 12.6. The summed E-state index contributed by atoms with van der Waals surface area (Å²) in [6.45, 7) is 2.81. The fraction of sp³-hybridized carbons (Fsp3) is 0.190. The molecule has 1 aliphatic heterocycles. The first-order valence-corrected chi connectivity index (χ1v) is 12.7. The number of benzene rings is 2. The van der Waals surface area contributed by atoms with Crippen LogP contribution in [0.5, 0.6) is 11.5 Å². The average molecular weight is 477 g/mol. The van der Waals surface area contributed by atoms with Gasteiger partial charge < -0.3 is 14.8 Å². The van der Waals surface area contributed by atoms with E-state index in [1.54, 1.807) is 60.0 Å². The standard InChI is InChI=1S/C21H20N2O5S3/c1-14(21(24)22-16-6-9-18-19(13-16)28-11-10-27-18)30-17-7-4-15(5-8-17)23-31(25,26)20-3-2-12-29-20/h2-9,12-14,23H,10-11H2,1H3,(H,22,24). The molecule has 1 amide bonds. The molecule has 2 heterocycles. The van der Waals surface area contributed by atoms with Gasteiger partial charge in [-0.05, 0) is 54.8 Å². The largest absolute Gasteiger partial charge is 0.486 e. The molecule has 0 fully saturated rings. The number of rotatable bonds is 7. The van der Waals surface area contributed by atoms with E-state index in [0.29, 0.717) is 36.1 Å². The topological polar surface area (TPSA) is 93.7 Å². The van der Waals surface area contributed by atoms with E-state index in [1.807, 2.05) is 6.92 Å². The van der Waals surface area contributed by atoms with Crippen molar-refractivity contribution in [2.75, 3.05) is 23.3 Å². The smallest absolute Gasteiger partial charge is 0.271 e. The van der Waals surface area contributed by atoms with E-state index in [0.717, 1.165) is 16.2 Å². The predicted molar refractivity (Wildman–Crippen MR) is 123 cm³/mol. The van der Waals surface area contributed by atoms with Gasteiger partial charge in [-0.1, -0.05) is 6.07 Å². The predicted octanol–water partition coefficient (Wildman–Crippen LogP) is 4.44. The molecule has 0 saturated carbocycles. The van der Waals surface area contributed by atoms with Crippen LogP contribution in [0.4, 0.5) is 11.4 Å². The molecule has 2 N–H and O–H groups in total. The summed E-state index contributed by atoms with van der Waals surface area (Å²) in [4.78, 5) is 13.4. The van der Waals surface area contributed by atoms with Crippen molar-refractivity contribution >= 4 is 50.4 Å². The molecular formula is C21H20N2O5S3. The van der Waals surface area contributed by atoms with Gasteiger partial charge in [-0.15, -0.1) is 23.1 Å². The summed E-state index contributed by atoms with van der Waals surface area (Å²) < 4.78 is 38.4. The Labute approximate surface area is 188 Å². The first-order chi connectivity index (χ1) is 14.9. The van der Waals surface area contributed by atoms with E-state index in [2.05, 4.69) is 10.0 Å². The summed E-state index contributed by atoms with van der Waals surface area (Å²) in [6, 6.07) is 15.5. The summed E-state index contributed by atoms with van der Waals surface area (Å²) in [7, 11) is -3.58. The molecule has 0 spiro atoms. The normalized spacial score (nSPS) is 14.0. The van der Waals surface area contributed by atoms with Crippen LogP contribution in [0.25, 0.3) is 0 Å². The van der Waals surface area contributed by atoms with Gasteiger partial charge in [0.25, 0.3) is 10.0 Å². The van der Waals surface area contributed by atoms with Crippen LogP contribution in [0.2, 0.25) is 0 Å². The molecule has 2 aromatic carbocycles. The quantitative estimate of drug-likeness (QED) is 0.490. The number of ether oxygens (including phenoxy) is 2. The van der Waals surface area contributed by atoms with Gasteiger partial charge in [0.15, 0.2) is 11.5 Å². The maximum absolute atomic E-state index is 12.6. The fourth-order valence-corrected chi connectivity index (χ4v) is 5.76. The summed E-state index contributed by atoms with van der Waals surface area (Å²) in [5, 5.41) is 4.24. The van der Waals surface area contributed by atoms with Crippen LogP contribution < -0.4 is 19.5 Å². The molecule has 10 heteroatoms. The number of sulfonamides is 1. The highest BCUT2D eigenvalue weighted by molar-refractivity contribution is 8.00. The molecule has 7 nitrogen and oxygen atoms in total. The number of hydrogen-bond acceptors (Lipinski definition) is 7. The third-order valence-electron chi connectivity index (χ3n) is 4.36. The minimum Gasteiger partial charge on any atom is -0.486 e. The third-order valence-corrected chi connectivity index (χ3v) is 8.25. The molecule has 31 heavy (non-hydrogen) atoms. The Morgan fingerprint density at radius 3 is 2.45 bits per heavy atom. The Kier molecular flexibility index (Phi) is 6.40. The molecule has 1 aliphatic rings. The minimum atomic E-state index is -3.58. The van der Waals surface area contributed by atoms with Crippen molar-refractivity contribution in [3.05, 3.63) is 60.0 Å². The molecule has 1 unspecified atom stereocenters. The molecule has 3 aromatic rings. The fourth-order valence-electron chi connectivity index (χ4n) is 2.85. The molecule has 0 aliphatic carbocycles. The zero-order chi connectivity index (χ0) is 21.8. The van der Waals surface area contributed by atoms with Crippen LogP contribution >= 0.6 is 23.1 Å². The van der Waals surface area contributed by atoms with Crippen molar-refractivity contribution < 1.29 is 22.7 Å². The SMILES string of the molecule is CC(Sc1ccc(NS(=O)(=O)c2cccs2)cc1)C(=O)Nc1ccc2c(c1)OCCO2. The van der Waals surface area contributed by atoms with Crippen molar-refractivity contribution in [1.29, 1.82) is 0 Å². The van der Waals surface area contributed by atoms with Gasteiger partial charge in [-0.3, -0.25) is 9.52 Å². The van der Waals surface area contributed by atoms with E-state index >= 15 is 0 Å². The molecule has 1 aromatic heterocycles. The highest BCUT2D eigenvalue weighted by Gasteiger charge is 2.18. The first-order valence-electron chi connectivity index (χ1n) is 9.44. The van der Waals surface area contributed by atoms with E-state index < -0.39 is 10.0 Å². The lowest BCUT2D eigenvalue weighted by atomic mass is 10.2. The number of thiophene rings is 1. The summed E-state index contributed by atoms with van der Waals surface area (Å²) in [5.41, 5.74) is 1.10. The highest BCUT2D eigenvalue weighted by Crippen LogP contribution is 2.33. The number of hydrogen-bond donors (Lipinski definition) is 2. The average Bonchev–Trinajstić information content (AvgIpc) is 3.31. The second-order valence-corrected chi connectivity index (χ2v) is 10.9. The van der Waals surface area contributed by atoms with Crippen LogP contribution in [0, 0.1) is 0 Å². The molecule has 0 saturated heterocycles. The lowest BCUT2D eigenvalue weighted by Gasteiger charge is -2.19. The van der Waals surface area contributed by atoms with Crippen molar-refractivity contribution in [2.45, 2.75) is 21.3 Å². The lowest BCUT2D eigenvalue weighted by molar-refractivity contribution is -0.115. The number of anilines is 2. The zero-order valence-corrected chi connectivity index (χ0v) is 19.0. The molecule has 162 valence electrons. The van der Waals surface area contributed by atoms with E-state index in [4.69, 9.17) is 9.47 Å². The number of carbonyl (C=O) groups is 1. The van der Waals surface area contributed by atoms with E-state index in [1.165, 1.54) is 11.8 Å². The number of amides is 1. The van der Waals surface area contributed by atoms with Crippen molar-refractivity contribution in [3.8, 4) is 11.5 Å². The monoisotopic (exact) mass is 476 g/mol. The van der Waals surface area contributed by atoms with Gasteiger partial charge in [-0.25, -0.2) is 8.42 Å². The molecular weight excluding hydrogens is 456 g/mol. The van der Waals surface area contributed by atoms with Gasteiger partial charge in [0, 0.05) is 22.3 Å². The Hall–Kier alpha value is -2.69. The van der Waals surface area contributed by atoms with E-state index in [9.17, 15) is 13.2 Å². The highest BCUT2D eigenvalue weighted by atomic mass is 32.2. The van der Waals surface area contributed by atoms with Crippen LogP contribution in [-0.2, 0) is 14.8 Å². The van der Waals surface area contributed by atoms with Crippen molar-refractivity contribution in [1.82, 2.24) is 0 Å². The number of fused-ring (bicyclic) bond motifs is 1. The Morgan fingerprint density at radius 1 is 1.03 bits per heavy atom. The van der Waals surface area contributed by atoms with Gasteiger partial charge in [-0.2, -0.15) is 0 Å². The van der Waals surface area contributed by atoms with Crippen LogP contribution in [0.15, 0.2) is 69.1 Å². The van der Waals surface area contributed by atoms with Crippen LogP contribution in [-0.4, -0.2) is 32.8 Å². The second kappa shape index (κ2) is 9.21. The van der Waals surface area contributed by atoms with Gasteiger partial charge in [0.1, 0.15) is 17.4 Å². The molecule has 0 radical (unpaired) electrons. The summed E-state index contributed by atoms with van der Waals surface area (Å²) in [6.07, 6.45) is 0. The maximum Gasteiger partial charge on any atom is 0.271 e. The van der Waals surface area contributed by atoms with Gasteiger partial charge >= 0.3 is 0 Å².